The Balaban J connectivity index is 1.46. The fraction of sp³-hybridized carbons (Fsp3) is 0.414. The Morgan fingerprint density at radius 2 is 1.92 bits per heavy atom. The van der Waals surface area contributed by atoms with Crippen LogP contribution in [0.4, 0.5) is 16.0 Å². The Hall–Kier alpha value is -3.52. The summed E-state index contributed by atoms with van der Waals surface area (Å²) in [4.78, 5) is 22.7. The molecule has 4 aromatic rings. The van der Waals surface area contributed by atoms with E-state index in [1.807, 2.05) is 37.6 Å². The summed E-state index contributed by atoms with van der Waals surface area (Å²) in [6, 6.07) is 11.5. The molecule has 0 saturated heterocycles. The summed E-state index contributed by atoms with van der Waals surface area (Å²) >= 11 is 0. The number of hydrogen-bond acceptors (Lipinski definition) is 5. The Bertz CT molecular complexity index is 1590. The molecule has 8 heteroatoms. The van der Waals surface area contributed by atoms with Crippen molar-refractivity contribution in [3.63, 3.8) is 0 Å². The second kappa shape index (κ2) is 8.25. The summed E-state index contributed by atoms with van der Waals surface area (Å²) in [5.74, 6) is 0.163. The largest absolute Gasteiger partial charge is 0.324 e. The van der Waals surface area contributed by atoms with Crippen molar-refractivity contribution in [2.24, 2.45) is 0 Å². The van der Waals surface area contributed by atoms with E-state index in [2.05, 4.69) is 41.6 Å². The highest BCUT2D eigenvalue weighted by Gasteiger charge is 2.32. The van der Waals surface area contributed by atoms with E-state index in [-0.39, 0.29) is 28.4 Å². The molecule has 2 N–H and O–H groups in total. The van der Waals surface area contributed by atoms with Gasteiger partial charge in [0.15, 0.2) is 5.65 Å². The standard InChI is InChI=1S/C29H33FN6O/c1-28(2,3)23-15-20(9-11-24(23)30)35-25-21(26(37)36(35)19-7-8-19)16-31-27(34-25)33-18-6-10-22-17(14-18)12-13-32-29(22,4)5/h6,9-11,14-16,19,32H,7-8,12-13H2,1-5H3,(H,31,33,34). The SMILES string of the molecule is CC(C)(C)c1cc(-n2c3nc(Nc4ccc5c(c4)CCNC5(C)C)ncc3c(=O)n2C2CC2)ccc1F. The molecule has 1 fully saturated rings. The minimum Gasteiger partial charge on any atom is -0.324 e. The lowest BCUT2D eigenvalue weighted by molar-refractivity contribution is 0.382. The monoisotopic (exact) mass is 500 g/mol. The molecule has 0 radical (unpaired) electrons. The van der Waals surface area contributed by atoms with Gasteiger partial charge in [-0.1, -0.05) is 26.8 Å². The topological polar surface area (TPSA) is 76.8 Å². The van der Waals surface area contributed by atoms with Crippen molar-refractivity contribution in [3.05, 3.63) is 75.5 Å². The maximum absolute atomic E-state index is 14.7. The summed E-state index contributed by atoms with van der Waals surface area (Å²) in [6.45, 7) is 11.3. The number of nitrogens with one attached hydrogen (secondary N) is 2. The smallest absolute Gasteiger partial charge is 0.278 e. The first-order valence-corrected chi connectivity index (χ1v) is 13.0. The number of anilines is 2. The van der Waals surface area contributed by atoms with E-state index in [9.17, 15) is 9.18 Å². The van der Waals surface area contributed by atoms with E-state index in [1.54, 1.807) is 16.9 Å². The predicted molar refractivity (Wildman–Crippen MR) is 145 cm³/mol. The zero-order chi connectivity index (χ0) is 26.1. The fourth-order valence-corrected chi connectivity index (χ4v) is 5.40. The Morgan fingerprint density at radius 3 is 2.65 bits per heavy atom. The van der Waals surface area contributed by atoms with Gasteiger partial charge in [-0.05, 0) is 92.1 Å². The molecule has 0 bridgehead atoms. The summed E-state index contributed by atoms with van der Waals surface area (Å²) in [5.41, 5.74) is 4.77. The second-order valence-corrected chi connectivity index (χ2v) is 11.8. The van der Waals surface area contributed by atoms with Crippen molar-refractivity contribution in [2.75, 3.05) is 11.9 Å². The van der Waals surface area contributed by atoms with Crippen LogP contribution in [0.1, 0.15) is 70.2 Å². The highest BCUT2D eigenvalue weighted by Crippen LogP contribution is 2.37. The molecule has 2 aromatic heterocycles. The van der Waals surface area contributed by atoms with E-state index >= 15 is 0 Å². The number of hydrogen-bond donors (Lipinski definition) is 2. The first-order chi connectivity index (χ1) is 17.5. The van der Waals surface area contributed by atoms with Crippen molar-refractivity contribution < 1.29 is 4.39 Å². The van der Waals surface area contributed by atoms with Crippen LogP contribution in [0.3, 0.4) is 0 Å². The summed E-state index contributed by atoms with van der Waals surface area (Å²) in [7, 11) is 0. The molecular formula is C29H33FN6O. The van der Waals surface area contributed by atoms with Crippen molar-refractivity contribution in [1.82, 2.24) is 24.6 Å². The Kier molecular flexibility index (Phi) is 5.32. The molecular weight excluding hydrogens is 467 g/mol. The van der Waals surface area contributed by atoms with Gasteiger partial charge in [-0.2, -0.15) is 4.98 Å². The summed E-state index contributed by atoms with van der Waals surface area (Å²) < 4.78 is 18.3. The van der Waals surface area contributed by atoms with Crippen LogP contribution in [0.5, 0.6) is 0 Å². The van der Waals surface area contributed by atoms with Crippen molar-refractivity contribution in [3.8, 4) is 5.69 Å². The number of nitrogens with zero attached hydrogens (tertiary/aromatic N) is 4. The lowest BCUT2D eigenvalue weighted by Gasteiger charge is -2.34. The molecule has 0 amide bonds. The van der Waals surface area contributed by atoms with Gasteiger partial charge in [0.2, 0.25) is 5.95 Å². The van der Waals surface area contributed by atoms with Gasteiger partial charge in [-0.25, -0.2) is 18.7 Å². The first kappa shape index (κ1) is 23.9. The Morgan fingerprint density at radius 1 is 1.14 bits per heavy atom. The molecule has 0 spiro atoms. The molecule has 1 aliphatic heterocycles. The summed E-state index contributed by atoms with van der Waals surface area (Å²) in [6.07, 6.45) is 4.42. The number of aromatic nitrogens is 4. The number of rotatable bonds is 4. The van der Waals surface area contributed by atoms with Gasteiger partial charge in [0.05, 0.1) is 11.7 Å². The third-order valence-corrected chi connectivity index (χ3v) is 7.51. The lowest BCUT2D eigenvalue weighted by atomic mass is 9.85. The number of fused-ring (bicyclic) bond motifs is 2. The van der Waals surface area contributed by atoms with Crippen LogP contribution in [0, 0.1) is 5.82 Å². The van der Waals surface area contributed by atoms with Gasteiger partial charge in [0.1, 0.15) is 11.2 Å². The van der Waals surface area contributed by atoms with Crippen molar-refractivity contribution >= 4 is 22.7 Å². The molecule has 0 atom stereocenters. The number of benzene rings is 2. The zero-order valence-electron chi connectivity index (χ0n) is 22.0. The van der Waals surface area contributed by atoms with Gasteiger partial charge in [0, 0.05) is 17.4 Å². The van der Waals surface area contributed by atoms with Gasteiger partial charge >= 0.3 is 0 Å². The molecule has 3 heterocycles. The molecule has 2 aromatic carbocycles. The van der Waals surface area contributed by atoms with Crippen molar-refractivity contribution in [2.45, 2.75) is 70.9 Å². The highest BCUT2D eigenvalue weighted by atomic mass is 19.1. The average Bonchev–Trinajstić information content (AvgIpc) is 3.62. The van der Waals surface area contributed by atoms with E-state index in [0.29, 0.717) is 22.5 Å². The molecule has 192 valence electrons. The molecule has 37 heavy (non-hydrogen) atoms. The molecule has 6 rings (SSSR count). The maximum Gasteiger partial charge on any atom is 0.278 e. The van der Waals surface area contributed by atoms with Crippen LogP contribution < -0.4 is 16.2 Å². The van der Waals surface area contributed by atoms with Crippen molar-refractivity contribution in [1.29, 1.82) is 0 Å². The fourth-order valence-electron chi connectivity index (χ4n) is 5.40. The van der Waals surface area contributed by atoms with Crippen LogP contribution in [-0.4, -0.2) is 25.9 Å². The van der Waals surface area contributed by atoms with Gasteiger partial charge in [-0.3, -0.25) is 4.79 Å². The third kappa shape index (κ3) is 4.13. The zero-order valence-corrected chi connectivity index (χ0v) is 22.0. The quantitative estimate of drug-likeness (QED) is 0.388. The molecule has 7 nitrogen and oxygen atoms in total. The summed E-state index contributed by atoms with van der Waals surface area (Å²) in [5, 5.41) is 7.36. The molecule has 1 saturated carbocycles. The predicted octanol–water partition coefficient (Wildman–Crippen LogP) is 5.48. The highest BCUT2D eigenvalue weighted by molar-refractivity contribution is 5.77. The maximum atomic E-state index is 14.7. The second-order valence-electron chi connectivity index (χ2n) is 11.8. The van der Waals surface area contributed by atoms with Crippen LogP contribution >= 0.6 is 0 Å². The third-order valence-electron chi connectivity index (χ3n) is 7.51. The lowest BCUT2D eigenvalue weighted by Crippen LogP contribution is -2.42. The van der Waals surface area contributed by atoms with Crippen LogP contribution in [0.2, 0.25) is 0 Å². The van der Waals surface area contributed by atoms with E-state index < -0.39 is 0 Å². The van der Waals surface area contributed by atoms with Crippen LogP contribution in [0.15, 0.2) is 47.4 Å². The van der Waals surface area contributed by atoms with E-state index in [0.717, 1.165) is 37.2 Å². The number of halogens is 1. The average molecular weight is 501 g/mol. The van der Waals surface area contributed by atoms with Gasteiger partial charge < -0.3 is 10.6 Å². The Labute approximate surface area is 215 Å². The first-order valence-electron chi connectivity index (χ1n) is 13.0. The molecule has 2 aliphatic rings. The van der Waals surface area contributed by atoms with Crippen LogP contribution in [-0.2, 0) is 17.4 Å². The molecule has 1 aliphatic carbocycles. The minimum atomic E-state index is -0.383. The van der Waals surface area contributed by atoms with E-state index in [1.165, 1.54) is 17.2 Å². The van der Waals surface area contributed by atoms with Crippen LogP contribution in [0.25, 0.3) is 16.7 Å². The minimum absolute atomic E-state index is 0.0651. The molecule has 0 unspecified atom stereocenters. The van der Waals surface area contributed by atoms with Gasteiger partial charge in [0.25, 0.3) is 5.56 Å². The van der Waals surface area contributed by atoms with Gasteiger partial charge in [-0.15, -0.1) is 0 Å². The normalized spacial score (nSPS) is 17.1. The van der Waals surface area contributed by atoms with E-state index in [4.69, 9.17) is 4.98 Å².